The van der Waals surface area contributed by atoms with E-state index in [1.165, 1.54) is 57.1 Å². The van der Waals surface area contributed by atoms with Crippen molar-refractivity contribution in [3.8, 4) is 0 Å². The van der Waals surface area contributed by atoms with E-state index in [4.69, 9.17) is 0 Å². The topological polar surface area (TPSA) is 26.5 Å². The summed E-state index contributed by atoms with van der Waals surface area (Å²) in [5.41, 5.74) is 5.15. The lowest BCUT2D eigenvalue weighted by molar-refractivity contribution is 0.537. The van der Waals surface area contributed by atoms with Crippen molar-refractivity contribution in [3.63, 3.8) is 0 Å². The normalized spacial score (nSPS) is 24.7. The highest BCUT2D eigenvalue weighted by atomic mass is 15.3. The molecule has 1 aliphatic heterocycles. The van der Waals surface area contributed by atoms with Gasteiger partial charge >= 0.3 is 0 Å². The first kappa shape index (κ1) is 9.75. The van der Waals surface area contributed by atoms with Gasteiger partial charge in [-0.15, -0.1) is 0 Å². The number of rotatable bonds is 1. The van der Waals surface area contributed by atoms with Crippen LogP contribution in [0.2, 0.25) is 0 Å². The molecule has 2 heteroatoms. The second-order valence-corrected chi connectivity index (χ2v) is 4.35. The lowest BCUT2D eigenvalue weighted by atomic mass is 9.92. The van der Waals surface area contributed by atoms with Crippen molar-refractivity contribution in [2.24, 2.45) is 11.0 Å². The molecule has 0 N–H and O–H groups in total. The quantitative estimate of drug-likeness (QED) is 0.608. The third kappa shape index (κ3) is 2.60. The predicted molar refractivity (Wildman–Crippen MR) is 59.1 cm³/mol. The molecule has 1 saturated carbocycles. The number of hydrogen-bond donors (Lipinski definition) is 0. The van der Waals surface area contributed by atoms with Crippen molar-refractivity contribution in [1.29, 1.82) is 0 Å². The number of allylic oxidation sites excluding steroid dienone is 1. The lowest BCUT2D eigenvalue weighted by Gasteiger charge is -2.13. The smallest absolute Gasteiger partial charge is 0.0677 e. The van der Waals surface area contributed by atoms with Crippen molar-refractivity contribution in [3.05, 3.63) is 12.3 Å². The predicted octanol–water partition coefficient (Wildman–Crippen LogP) is 3.22. The minimum absolute atomic E-state index is 0.690. The maximum Gasteiger partial charge on any atom is 0.0677 e. The molecule has 0 spiro atoms. The number of nitrogens with zero attached hydrogens (tertiary/aromatic N) is 2. The van der Waals surface area contributed by atoms with E-state index in [1.54, 1.807) is 0 Å². The van der Waals surface area contributed by atoms with Crippen LogP contribution in [0.4, 0.5) is 0 Å². The molecule has 0 saturated heterocycles. The van der Waals surface area contributed by atoms with Crippen molar-refractivity contribution in [1.82, 2.24) is 5.43 Å². The van der Waals surface area contributed by atoms with Gasteiger partial charge in [0.1, 0.15) is 0 Å². The van der Waals surface area contributed by atoms with Gasteiger partial charge in [-0.25, -0.2) is 0 Å². The van der Waals surface area contributed by atoms with E-state index >= 15 is 0 Å². The van der Waals surface area contributed by atoms with Crippen LogP contribution in [0.1, 0.15) is 51.4 Å². The highest BCUT2D eigenvalue weighted by molar-refractivity contribution is 5.97. The lowest BCUT2D eigenvalue weighted by Crippen LogP contribution is -2.11. The molecule has 2 aliphatic rings. The number of hydrogen-bond acceptors (Lipinski definition) is 1. The molecule has 1 fully saturated rings. The van der Waals surface area contributed by atoms with E-state index in [9.17, 15) is 0 Å². The van der Waals surface area contributed by atoms with Gasteiger partial charge in [-0.05, 0) is 18.9 Å². The highest BCUT2D eigenvalue weighted by Crippen LogP contribution is 2.24. The molecule has 0 aromatic carbocycles. The van der Waals surface area contributed by atoms with Crippen molar-refractivity contribution >= 4 is 5.71 Å². The van der Waals surface area contributed by atoms with Crippen LogP contribution in [-0.4, -0.2) is 5.71 Å². The molecular weight excluding hydrogens is 172 g/mol. The van der Waals surface area contributed by atoms with Gasteiger partial charge in [-0.1, -0.05) is 38.5 Å². The highest BCUT2D eigenvalue weighted by Gasteiger charge is 2.16. The zero-order valence-electron chi connectivity index (χ0n) is 8.78. The summed E-state index contributed by atoms with van der Waals surface area (Å²) in [6, 6.07) is 0. The molecular formula is C12H19N2. The average Bonchev–Trinajstić information content (AvgIpc) is 2.75. The summed E-state index contributed by atoms with van der Waals surface area (Å²) in [5, 5.41) is 4.19. The van der Waals surface area contributed by atoms with Gasteiger partial charge in [0.2, 0.25) is 0 Å². The molecule has 0 atom stereocenters. The summed E-state index contributed by atoms with van der Waals surface area (Å²) in [5.74, 6) is 0.690. The fourth-order valence-electron chi connectivity index (χ4n) is 2.39. The molecule has 0 aromatic heterocycles. The van der Waals surface area contributed by atoms with E-state index in [-0.39, 0.29) is 0 Å². The van der Waals surface area contributed by atoms with Crippen LogP contribution in [0, 0.1) is 5.92 Å². The zero-order chi connectivity index (χ0) is 9.64. The summed E-state index contributed by atoms with van der Waals surface area (Å²) in [6.45, 7) is 0. The molecule has 14 heavy (non-hydrogen) atoms. The van der Waals surface area contributed by atoms with Gasteiger partial charge in [0.05, 0.1) is 11.9 Å². The van der Waals surface area contributed by atoms with Gasteiger partial charge in [0.25, 0.3) is 0 Å². The maximum absolute atomic E-state index is 4.19. The first-order chi connectivity index (χ1) is 6.97. The Kier molecular flexibility index (Phi) is 3.61. The van der Waals surface area contributed by atoms with Crippen molar-refractivity contribution in [2.45, 2.75) is 51.4 Å². The maximum atomic E-state index is 4.19. The van der Waals surface area contributed by atoms with Crippen LogP contribution in [0.5, 0.6) is 0 Å². The van der Waals surface area contributed by atoms with E-state index < -0.39 is 0 Å². The van der Waals surface area contributed by atoms with Crippen molar-refractivity contribution < 1.29 is 0 Å². The van der Waals surface area contributed by atoms with E-state index in [1.807, 2.05) is 6.20 Å². The first-order valence-corrected chi connectivity index (χ1v) is 5.91. The SMILES string of the molecule is C1=CC(C2CCCCCCCC2)=N[N]1. The Bertz CT molecular complexity index is 220. The molecule has 1 heterocycles. The fraction of sp³-hybridized carbons (Fsp3) is 0.750. The van der Waals surface area contributed by atoms with Gasteiger partial charge in [-0.2, -0.15) is 10.5 Å². The van der Waals surface area contributed by atoms with Crippen LogP contribution >= 0.6 is 0 Å². The van der Waals surface area contributed by atoms with Crippen LogP contribution < -0.4 is 5.43 Å². The van der Waals surface area contributed by atoms with Gasteiger partial charge in [0, 0.05) is 5.92 Å². The van der Waals surface area contributed by atoms with Gasteiger partial charge in [-0.3, -0.25) is 0 Å². The second-order valence-electron chi connectivity index (χ2n) is 4.35. The Hall–Kier alpha value is -0.790. The molecule has 0 aromatic rings. The second kappa shape index (κ2) is 5.18. The fourth-order valence-corrected chi connectivity index (χ4v) is 2.39. The van der Waals surface area contributed by atoms with Gasteiger partial charge in [0.15, 0.2) is 0 Å². The standard InChI is InChI=1S/C12H19N2/c1-2-4-6-8-11(7-5-3-1)12-9-10-13-14-12/h9-11H,1-8H2. The third-order valence-corrected chi connectivity index (χ3v) is 3.26. The Balaban J connectivity index is 1.90. The summed E-state index contributed by atoms with van der Waals surface area (Å²) in [6.07, 6.45) is 15.0. The monoisotopic (exact) mass is 191 g/mol. The zero-order valence-corrected chi connectivity index (χ0v) is 8.78. The van der Waals surface area contributed by atoms with Crippen LogP contribution in [0.25, 0.3) is 0 Å². The van der Waals surface area contributed by atoms with Crippen molar-refractivity contribution in [2.75, 3.05) is 0 Å². The summed E-state index contributed by atoms with van der Waals surface area (Å²) in [7, 11) is 0. The average molecular weight is 191 g/mol. The molecule has 2 rings (SSSR count). The summed E-state index contributed by atoms with van der Waals surface area (Å²) < 4.78 is 0. The minimum Gasteiger partial charge on any atom is -0.159 e. The summed E-state index contributed by atoms with van der Waals surface area (Å²) in [4.78, 5) is 0. The first-order valence-electron chi connectivity index (χ1n) is 5.91. The molecule has 1 radical (unpaired) electrons. The molecule has 77 valence electrons. The van der Waals surface area contributed by atoms with Gasteiger partial charge < -0.3 is 0 Å². The van der Waals surface area contributed by atoms with E-state index in [2.05, 4.69) is 16.6 Å². The van der Waals surface area contributed by atoms with Crippen LogP contribution in [0.3, 0.4) is 0 Å². The third-order valence-electron chi connectivity index (χ3n) is 3.26. The largest absolute Gasteiger partial charge is 0.159 e. The Morgan fingerprint density at radius 2 is 1.57 bits per heavy atom. The van der Waals surface area contributed by atoms with E-state index in [0.29, 0.717) is 5.92 Å². The molecule has 0 bridgehead atoms. The van der Waals surface area contributed by atoms with Crippen LogP contribution in [0.15, 0.2) is 17.4 Å². The Morgan fingerprint density at radius 3 is 2.14 bits per heavy atom. The summed E-state index contributed by atoms with van der Waals surface area (Å²) >= 11 is 0. The molecule has 0 amide bonds. The molecule has 1 aliphatic carbocycles. The van der Waals surface area contributed by atoms with Crippen LogP contribution in [-0.2, 0) is 0 Å². The Morgan fingerprint density at radius 1 is 0.929 bits per heavy atom. The minimum atomic E-state index is 0.690. The Labute approximate surface area is 86.5 Å². The molecule has 2 nitrogen and oxygen atoms in total. The molecule has 0 unspecified atom stereocenters. The van der Waals surface area contributed by atoms with E-state index in [0.717, 1.165) is 0 Å².